The highest BCUT2D eigenvalue weighted by molar-refractivity contribution is 9.10. The van der Waals surface area contributed by atoms with E-state index in [4.69, 9.17) is 0 Å². The van der Waals surface area contributed by atoms with E-state index in [1.165, 1.54) is 5.56 Å². The van der Waals surface area contributed by atoms with Crippen LogP contribution in [-0.4, -0.2) is 11.1 Å². The maximum atomic E-state index is 11.5. The van der Waals surface area contributed by atoms with E-state index in [9.17, 15) is 4.79 Å². The zero-order valence-electron chi connectivity index (χ0n) is 10.2. The van der Waals surface area contributed by atoms with Crippen molar-refractivity contribution in [2.75, 3.05) is 11.9 Å². The second-order valence-electron chi connectivity index (χ2n) is 4.10. The summed E-state index contributed by atoms with van der Waals surface area (Å²) in [5, 5.41) is 3.32. The molecule has 1 N–H and O–H groups in total. The normalized spacial score (nSPS) is 10.3. The van der Waals surface area contributed by atoms with Gasteiger partial charge in [0.15, 0.2) is 0 Å². The van der Waals surface area contributed by atoms with Crippen molar-refractivity contribution in [3.63, 3.8) is 0 Å². The van der Waals surface area contributed by atoms with Gasteiger partial charge in [0.25, 0.3) is 5.56 Å². The van der Waals surface area contributed by atoms with E-state index < -0.39 is 0 Å². The molecule has 3 nitrogen and oxygen atoms in total. The molecule has 18 heavy (non-hydrogen) atoms. The molecular formula is C14H15BrN2O. The summed E-state index contributed by atoms with van der Waals surface area (Å²) in [6, 6.07) is 11.3. The standard InChI is InChI=1S/C14H15BrN2O/c1-11-5-4-6-12(14(11)15)16-8-10-17-9-3-2-7-13(17)18/h2-7,9,16H,8,10H2,1H3. The number of benzene rings is 1. The predicted octanol–water partition coefficient (Wildman–Crippen LogP) is 3.03. The molecule has 0 saturated heterocycles. The quantitative estimate of drug-likeness (QED) is 0.942. The summed E-state index contributed by atoms with van der Waals surface area (Å²) < 4.78 is 2.77. The van der Waals surface area contributed by atoms with Crippen LogP contribution in [0.1, 0.15) is 5.56 Å². The topological polar surface area (TPSA) is 34.0 Å². The molecule has 4 heteroatoms. The van der Waals surface area contributed by atoms with Crippen molar-refractivity contribution in [1.29, 1.82) is 0 Å². The molecule has 0 amide bonds. The van der Waals surface area contributed by atoms with Gasteiger partial charge in [-0.2, -0.15) is 0 Å². The zero-order chi connectivity index (χ0) is 13.0. The van der Waals surface area contributed by atoms with Crippen LogP contribution >= 0.6 is 15.9 Å². The monoisotopic (exact) mass is 306 g/mol. The molecule has 2 aromatic rings. The van der Waals surface area contributed by atoms with Gasteiger partial charge in [-0.3, -0.25) is 4.79 Å². The first-order valence-electron chi connectivity index (χ1n) is 5.83. The van der Waals surface area contributed by atoms with Gasteiger partial charge in [0.1, 0.15) is 0 Å². The van der Waals surface area contributed by atoms with Crippen LogP contribution in [0.5, 0.6) is 0 Å². The van der Waals surface area contributed by atoms with Gasteiger partial charge in [0.2, 0.25) is 0 Å². The smallest absolute Gasteiger partial charge is 0.250 e. The zero-order valence-corrected chi connectivity index (χ0v) is 11.8. The highest BCUT2D eigenvalue weighted by Crippen LogP contribution is 2.25. The summed E-state index contributed by atoms with van der Waals surface area (Å²) in [4.78, 5) is 11.5. The number of nitrogens with zero attached hydrogens (tertiary/aromatic N) is 1. The lowest BCUT2D eigenvalue weighted by molar-refractivity contribution is 0.697. The van der Waals surface area contributed by atoms with Crippen LogP contribution < -0.4 is 10.9 Å². The van der Waals surface area contributed by atoms with E-state index >= 15 is 0 Å². The number of pyridine rings is 1. The summed E-state index contributed by atoms with van der Waals surface area (Å²) >= 11 is 3.55. The molecule has 0 spiro atoms. The molecule has 0 saturated carbocycles. The molecule has 0 bridgehead atoms. The maximum absolute atomic E-state index is 11.5. The molecule has 0 radical (unpaired) electrons. The minimum atomic E-state index is 0.0302. The minimum absolute atomic E-state index is 0.0302. The molecule has 0 atom stereocenters. The summed E-state index contributed by atoms with van der Waals surface area (Å²) in [5.41, 5.74) is 2.28. The molecule has 1 heterocycles. The molecule has 2 rings (SSSR count). The van der Waals surface area contributed by atoms with E-state index in [0.29, 0.717) is 13.1 Å². The van der Waals surface area contributed by atoms with Gasteiger partial charge in [0.05, 0.1) is 0 Å². The highest BCUT2D eigenvalue weighted by atomic mass is 79.9. The van der Waals surface area contributed by atoms with Crippen LogP contribution in [0.4, 0.5) is 5.69 Å². The van der Waals surface area contributed by atoms with Crippen LogP contribution in [0.25, 0.3) is 0 Å². The molecule has 0 aliphatic carbocycles. The first-order valence-corrected chi connectivity index (χ1v) is 6.62. The number of anilines is 1. The van der Waals surface area contributed by atoms with Gasteiger partial charge < -0.3 is 9.88 Å². The molecule has 0 aliphatic rings. The fourth-order valence-electron chi connectivity index (χ4n) is 1.74. The van der Waals surface area contributed by atoms with Crippen molar-refractivity contribution >= 4 is 21.6 Å². The van der Waals surface area contributed by atoms with Gasteiger partial charge >= 0.3 is 0 Å². The number of hydrogen-bond donors (Lipinski definition) is 1. The lowest BCUT2D eigenvalue weighted by Gasteiger charge is -2.11. The summed E-state index contributed by atoms with van der Waals surface area (Å²) in [5.74, 6) is 0. The predicted molar refractivity (Wildman–Crippen MR) is 78.1 cm³/mol. The summed E-state index contributed by atoms with van der Waals surface area (Å²) in [6.45, 7) is 3.42. The first-order chi connectivity index (χ1) is 8.68. The molecule has 94 valence electrons. The lowest BCUT2D eigenvalue weighted by Crippen LogP contribution is -2.22. The number of aromatic nitrogens is 1. The number of halogens is 1. The van der Waals surface area contributed by atoms with Gasteiger partial charge in [0, 0.05) is 35.5 Å². The second-order valence-corrected chi connectivity index (χ2v) is 4.89. The van der Waals surface area contributed by atoms with E-state index in [1.54, 1.807) is 22.9 Å². The first kappa shape index (κ1) is 12.9. The average molecular weight is 307 g/mol. The van der Waals surface area contributed by atoms with E-state index in [-0.39, 0.29) is 5.56 Å². The largest absolute Gasteiger partial charge is 0.382 e. The SMILES string of the molecule is Cc1cccc(NCCn2ccccc2=O)c1Br. The maximum Gasteiger partial charge on any atom is 0.250 e. The Balaban J connectivity index is 1.99. The molecule has 0 fully saturated rings. The van der Waals surface area contributed by atoms with Crippen LogP contribution in [-0.2, 0) is 6.54 Å². The number of rotatable bonds is 4. The fraction of sp³-hybridized carbons (Fsp3) is 0.214. The van der Waals surface area contributed by atoms with Crippen molar-refractivity contribution in [2.24, 2.45) is 0 Å². The Labute approximate surface area is 115 Å². The van der Waals surface area contributed by atoms with Crippen LogP contribution in [0, 0.1) is 6.92 Å². The molecule has 0 aliphatic heterocycles. The third kappa shape index (κ3) is 3.01. The average Bonchev–Trinajstić information content (AvgIpc) is 2.37. The Morgan fingerprint density at radius 3 is 2.83 bits per heavy atom. The van der Waals surface area contributed by atoms with Crippen molar-refractivity contribution in [2.45, 2.75) is 13.5 Å². The van der Waals surface area contributed by atoms with E-state index in [2.05, 4.69) is 34.2 Å². The Kier molecular flexibility index (Phi) is 4.20. The Hall–Kier alpha value is -1.55. The van der Waals surface area contributed by atoms with Crippen LogP contribution in [0.3, 0.4) is 0 Å². The van der Waals surface area contributed by atoms with Crippen molar-refractivity contribution in [3.8, 4) is 0 Å². The van der Waals surface area contributed by atoms with Crippen molar-refractivity contribution in [1.82, 2.24) is 4.57 Å². The van der Waals surface area contributed by atoms with Gasteiger partial charge in [-0.25, -0.2) is 0 Å². The van der Waals surface area contributed by atoms with E-state index in [0.717, 1.165) is 10.2 Å². The van der Waals surface area contributed by atoms with Crippen LogP contribution in [0.2, 0.25) is 0 Å². The molecule has 0 unspecified atom stereocenters. The van der Waals surface area contributed by atoms with Crippen LogP contribution in [0.15, 0.2) is 51.9 Å². The summed E-state index contributed by atoms with van der Waals surface area (Å²) in [7, 11) is 0. The Morgan fingerprint density at radius 1 is 1.22 bits per heavy atom. The molecular weight excluding hydrogens is 292 g/mol. The van der Waals surface area contributed by atoms with E-state index in [1.807, 2.05) is 18.2 Å². The number of aryl methyl sites for hydroxylation is 1. The lowest BCUT2D eigenvalue weighted by atomic mass is 10.2. The third-order valence-electron chi connectivity index (χ3n) is 2.76. The Morgan fingerprint density at radius 2 is 2.06 bits per heavy atom. The van der Waals surface area contributed by atoms with Crippen molar-refractivity contribution < 1.29 is 0 Å². The van der Waals surface area contributed by atoms with Gasteiger partial charge in [-0.1, -0.05) is 18.2 Å². The van der Waals surface area contributed by atoms with Crippen molar-refractivity contribution in [3.05, 3.63) is 63.0 Å². The summed E-state index contributed by atoms with van der Waals surface area (Å²) in [6.07, 6.45) is 1.80. The Bertz CT molecular complexity index is 592. The minimum Gasteiger partial charge on any atom is -0.382 e. The van der Waals surface area contributed by atoms with Gasteiger partial charge in [-0.15, -0.1) is 0 Å². The number of hydrogen-bond acceptors (Lipinski definition) is 2. The third-order valence-corrected chi connectivity index (χ3v) is 3.81. The molecule has 1 aromatic heterocycles. The fourth-order valence-corrected chi connectivity index (χ4v) is 2.14. The highest BCUT2D eigenvalue weighted by Gasteiger charge is 2.01. The number of nitrogens with one attached hydrogen (secondary N) is 1. The van der Waals surface area contributed by atoms with Gasteiger partial charge in [-0.05, 0) is 40.5 Å². The second kappa shape index (κ2) is 5.87. The molecule has 1 aromatic carbocycles.